The molecule has 0 aliphatic carbocycles. The molecule has 0 saturated carbocycles. The van der Waals surface area contributed by atoms with E-state index in [-0.39, 0.29) is 5.75 Å². The predicted octanol–water partition coefficient (Wildman–Crippen LogP) is 2.71. The second-order valence-electron chi connectivity index (χ2n) is 5.35. The first-order valence-electron chi connectivity index (χ1n) is 7.21. The molecule has 2 unspecified atom stereocenters. The maximum atomic E-state index is 11.9. The van der Waals surface area contributed by atoms with Gasteiger partial charge in [-0.05, 0) is 44.0 Å². The van der Waals surface area contributed by atoms with Gasteiger partial charge in [0.1, 0.15) is 0 Å². The fourth-order valence-corrected chi connectivity index (χ4v) is 3.78. The third-order valence-corrected chi connectivity index (χ3v) is 5.72. The van der Waals surface area contributed by atoms with E-state index in [4.69, 9.17) is 4.74 Å². The normalized spacial score (nSPS) is 22.9. The zero-order valence-electron chi connectivity index (χ0n) is 12.1. The van der Waals surface area contributed by atoms with E-state index in [2.05, 4.69) is 12.2 Å². The van der Waals surface area contributed by atoms with Crippen molar-refractivity contribution >= 4 is 15.5 Å². The summed E-state index contributed by atoms with van der Waals surface area (Å²) in [6, 6.07) is 7.04. The number of ether oxygens (including phenoxy) is 1. The summed E-state index contributed by atoms with van der Waals surface area (Å²) >= 11 is 0. The number of rotatable bonds is 6. The molecule has 0 spiro atoms. The standard InChI is InChI=1S/C15H23NO3S/c1-3-10-20(17,18)15-6-4-14(5-7-15)16-11-13-8-9-19-12(13)2/h4-7,12-13,16H,3,8-11H2,1-2H3. The van der Waals surface area contributed by atoms with Crippen LogP contribution in [0.25, 0.3) is 0 Å². The second kappa shape index (κ2) is 6.59. The van der Waals surface area contributed by atoms with Gasteiger partial charge in [0.05, 0.1) is 16.8 Å². The molecule has 4 nitrogen and oxygen atoms in total. The van der Waals surface area contributed by atoms with Crippen LogP contribution in [0.4, 0.5) is 5.69 Å². The first-order chi connectivity index (χ1) is 9.53. The fraction of sp³-hybridized carbons (Fsp3) is 0.600. The maximum absolute atomic E-state index is 11.9. The number of hydrogen-bond acceptors (Lipinski definition) is 4. The predicted molar refractivity (Wildman–Crippen MR) is 80.8 cm³/mol. The van der Waals surface area contributed by atoms with Crippen molar-refractivity contribution in [1.82, 2.24) is 0 Å². The molecule has 1 aliphatic heterocycles. The van der Waals surface area contributed by atoms with E-state index < -0.39 is 9.84 Å². The Morgan fingerprint density at radius 2 is 2.00 bits per heavy atom. The van der Waals surface area contributed by atoms with Crippen molar-refractivity contribution in [2.45, 2.75) is 37.7 Å². The smallest absolute Gasteiger partial charge is 0.178 e. The summed E-state index contributed by atoms with van der Waals surface area (Å²) in [6.07, 6.45) is 2.02. The Balaban J connectivity index is 1.95. The lowest BCUT2D eigenvalue weighted by molar-refractivity contribution is 0.108. The molecule has 1 saturated heterocycles. The lowest BCUT2D eigenvalue weighted by atomic mass is 10.0. The Morgan fingerprint density at radius 3 is 2.55 bits per heavy atom. The van der Waals surface area contributed by atoms with E-state index in [0.717, 1.165) is 25.3 Å². The summed E-state index contributed by atoms with van der Waals surface area (Å²) in [4.78, 5) is 0.405. The highest BCUT2D eigenvalue weighted by molar-refractivity contribution is 7.91. The van der Waals surface area contributed by atoms with Crippen LogP contribution in [0.2, 0.25) is 0 Å². The molecule has 1 aromatic carbocycles. The molecule has 1 heterocycles. The molecule has 0 amide bonds. The SMILES string of the molecule is CCCS(=O)(=O)c1ccc(NCC2CCOC2C)cc1. The van der Waals surface area contributed by atoms with Gasteiger partial charge in [0.15, 0.2) is 9.84 Å². The molecule has 0 bridgehead atoms. The summed E-state index contributed by atoms with van der Waals surface area (Å²) in [5.41, 5.74) is 0.958. The highest BCUT2D eigenvalue weighted by atomic mass is 32.2. The molecule has 1 N–H and O–H groups in total. The van der Waals surface area contributed by atoms with Crippen molar-refractivity contribution in [2.75, 3.05) is 24.2 Å². The van der Waals surface area contributed by atoms with E-state index in [1.54, 1.807) is 12.1 Å². The largest absolute Gasteiger partial charge is 0.385 e. The first-order valence-corrected chi connectivity index (χ1v) is 8.86. The highest BCUT2D eigenvalue weighted by Crippen LogP contribution is 2.22. The molecule has 0 aromatic heterocycles. The van der Waals surface area contributed by atoms with Gasteiger partial charge in [0.2, 0.25) is 0 Å². The van der Waals surface area contributed by atoms with Gasteiger partial charge in [-0.25, -0.2) is 8.42 Å². The number of hydrogen-bond donors (Lipinski definition) is 1. The van der Waals surface area contributed by atoms with E-state index in [1.165, 1.54) is 0 Å². The average Bonchev–Trinajstić information content (AvgIpc) is 2.82. The van der Waals surface area contributed by atoms with Crippen molar-refractivity contribution in [3.63, 3.8) is 0 Å². The third kappa shape index (κ3) is 3.73. The second-order valence-corrected chi connectivity index (χ2v) is 7.46. The first kappa shape index (κ1) is 15.3. The van der Waals surface area contributed by atoms with Gasteiger partial charge in [-0.15, -0.1) is 0 Å². The minimum atomic E-state index is -3.11. The van der Waals surface area contributed by atoms with Gasteiger partial charge in [-0.1, -0.05) is 6.92 Å². The number of anilines is 1. The molecule has 1 aliphatic rings. The highest BCUT2D eigenvalue weighted by Gasteiger charge is 2.23. The summed E-state index contributed by atoms with van der Waals surface area (Å²) < 4.78 is 29.4. The van der Waals surface area contributed by atoms with E-state index >= 15 is 0 Å². The van der Waals surface area contributed by atoms with Crippen LogP contribution in [0.5, 0.6) is 0 Å². The Kier molecular flexibility index (Phi) is 5.05. The van der Waals surface area contributed by atoms with Crippen LogP contribution in [0.3, 0.4) is 0 Å². The molecule has 20 heavy (non-hydrogen) atoms. The van der Waals surface area contributed by atoms with Gasteiger partial charge in [-0.3, -0.25) is 0 Å². The Morgan fingerprint density at radius 1 is 1.30 bits per heavy atom. The van der Waals surface area contributed by atoms with Crippen molar-refractivity contribution in [3.8, 4) is 0 Å². The van der Waals surface area contributed by atoms with Gasteiger partial charge in [0.25, 0.3) is 0 Å². The third-order valence-electron chi connectivity index (χ3n) is 3.79. The van der Waals surface area contributed by atoms with Crippen LogP contribution in [0, 0.1) is 5.92 Å². The molecule has 112 valence electrons. The van der Waals surface area contributed by atoms with Gasteiger partial charge >= 0.3 is 0 Å². The lowest BCUT2D eigenvalue weighted by Crippen LogP contribution is -2.20. The van der Waals surface area contributed by atoms with Crippen molar-refractivity contribution in [3.05, 3.63) is 24.3 Å². The van der Waals surface area contributed by atoms with Gasteiger partial charge in [-0.2, -0.15) is 0 Å². The van der Waals surface area contributed by atoms with Crippen LogP contribution in [-0.4, -0.2) is 33.4 Å². The Labute approximate surface area is 121 Å². The summed E-state index contributed by atoms with van der Waals surface area (Å²) in [5.74, 6) is 0.731. The van der Waals surface area contributed by atoms with Crippen molar-refractivity contribution in [2.24, 2.45) is 5.92 Å². The maximum Gasteiger partial charge on any atom is 0.178 e. The lowest BCUT2D eigenvalue weighted by Gasteiger charge is -2.15. The van der Waals surface area contributed by atoms with Crippen LogP contribution in [0.1, 0.15) is 26.7 Å². The Hall–Kier alpha value is -1.07. The Bertz CT molecular complexity index is 525. The van der Waals surface area contributed by atoms with E-state index in [0.29, 0.717) is 23.3 Å². The summed E-state index contributed by atoms with van der Waals surface area (Å²) in [7, 11) is -3.11. The molecular weight excluding hydrogens is 274 g/mol. The van der Waals surface area contributed by atoms with Gasteiger partial charge < -0.3 is 10.1 Å². The molecule has 2 rings (SSSR count). The molecule has 2 atom stereocenters. The van der Waals surface area contributed by atoms with Crippen molar-refractivity contribution < 1.29 is 13.2 Å². The van der Waals surface area contributed by atoms with Crippen LogP contribution < -0.4 is 5.32 Å². The topological polar surface area (TPSA) is 55.4 Å². The zero-order valence-corrected chi connectivity index (χ0v) is 12.9. The molecular formula is C15H23NO3S. The number of benzene rings is 1. The number of sulfone groups is 1. The average molecular weight is 297 g/mol. The van der Waals surface area contributed by atoms with Crippen LogP contribution >= 0.6 is 0 Å². The summed E-state index contributed by atoms with van der Waals surface area (Å²) in [6.45, 7) is 5.67. The van der Waals surface area contributed by atoms with E-state index in [9.17, 15) is 8.42 Å². The number of nitrogens with one attached hydrogen (secondary N) is 1. The molecule has 1 fully saturated rings. The van der Waals surface area contributed by atoms with Crippen LogP contribution in [-0.2, 0) is 14.6 Å². The van der Waals surface area contributed by atoms with Crippen LogP contribution in [0.15, 0.2) is 29.2 Å². The van der Waals surface area contributed by atoms with E-state index in [1.807, 2.05) is 19.1 Å². The van der Waals surface area contributed by atoms with Crippen molar-refractivity contribution in [1.29, 1.82) is 0 Å². The molecule has 0 radical (unpaired) electrons. The zero-order chi connectivity index (χ0) is 14.6. The minimum absolute atomic E-state index is 0.205. The van der Waals surface area contributed by atoms with Gasteiger partial charge in [0, 0.05) is 24.8 Å². The monoisotopic (exact) mass is 297 g/mol. The molecule has 1 aromatic rings. The fourth-order valence-electron chi connectivity index (χ4n) is 2.46. The minimum Gasteiger partial charge on any atom is -0.385 e. The quantitative estimate of drug-likeness (QED) is 0.877. The molecule has 5 heteroatoms. The summed E-state index contributed by atoms with van der Waals surface area (Å²) in [5, 5.41) is 3.35.